The van der Waals surface area contributed by atoms with E-state index in [2.05, 4.69) is 11.2 Å². The van der Waals surface area contributed by atoms with Gasteiger partial charge in [0.05, 0.1) is 18.5 Å². The average Bonchev–Trinajstić information content (AvgIpc) is 2.74. The zero-order valence-electron chi connectivity index (χ0n) is 9.72. The summed E-state index contributed by atoms with van der Waals surface area (Å²) in [5.74, 6) is 1.03. The predicted octanol–water partition coefficient (Wildman–Crippen LogP) is 0.680. The van der Waals surface area contributed by atoms with Gasteiger partial charge in [-0.15, -0.1) is 6.42 Å². The van der Waals surface area contributed by atoms with Crippen LogP contribution in [0.4, 0.5) is 4.79 Å². The first-order valence-electron chi connectivity index (χ1n) is 5.48. The Morgan fingerprint density at radius 3 is 2.76 bits per heavy atom. The number of urea groups is 1. The molecule has 2 amide bonds. The minimum absolute atomic E-state index is 0.226. The minimum atomic E-state index is -0.867. The number of nitrogens with one attached hydrogen (secondary N) is 1. The summed E-state index contributed by atoms with van der Waals surface area (Å²) in [6.07, 6.45) is 8.86. The molecule has 0 spiro atoms. The summed E-state index contributed by atoms with van der Waals surface area (Å²) in [7, 11) is 0. The van der Waals surface area contributed by atoms with Gasteiger partial charge in [-0.3, -0.25) is 4.79 Å². The van der Waals surface area contributed by atoms with Crippen molar-refractivity contribution in [2.45, 2.75) is 19.4 Å². The van der Waals surface area contributed by atoms with Gasteiger partial charge in [0.15, 0.2) is 0 Å². The molecule has 0 fully saturated rings. The van der Waals surface area contributed by atoms with Crippen LogP contribution in [0.1, 0.15) is 13.3 Å². The number of carbonyl (C=O) groups is 2. The van der Waals surface area contributed by atoms with E-state index >= 15 is 0 Å². The highest BCUT2D eigenvalue weighted by Gasteiger charge is 2.26. The molecule has 92 valence electrons. The van der Waals surface area contributed by atoms with Gasteiger partial charge < -0.3 is 15.3 Å². The summed E-state index contributed by atoms with van der Waals surface area (Å²) >= 11 is 0. The molecule has 0 saturated carbocycles. The zero-order chi connectivity index (χ0) is 12.8. The van der Waals surface area contributed by atoms with Crippen molar-refractivity contribution in [3.05, 3.63) is 12.2 Å². The van der Waals surface area contributed by atoms with Gasteiger partial charge in [0.25, 0.3) is 0 Å². The van der Waals surface area contributed by atoms with Gasteiger partial charge in [-0.25, -0.2) is 4.79 Å². The molecule has 0 heterocycles. The van der Waals surface area contributed by atoms with Gasteiger partial charge in [-0.2, -0.15) is 0 Å². The van der Waals surface area contributed by atoms with Crippen molar-refractivity contribution in [1.82, 2.24) is 10.2 Å². The van der Waals surface area contributed by atoms with Gasteiger partial charge in [0, 0.05) is 6.54 Å². The van der Waals surface area contributed by atoms with E-state index in [1.165, 1.54) is 4.90 Å². The molecule has 0 radical (unpaired) electrons. The maximum absolute atomic E-state index is 11.7. The molecular weight excluding hydrogens is 220 g/mol. The molecule has 0 aromatic rings. The highest BCUT2D eigenvalue weighted by Crippen LogP contribution is 2.18. The Bertz CT molecular complexity index is 370. The van der Waals surface area contributed by atoms with Crippen LogP contribution < -0.4 is 5.32 Å². The molecular formula is C12H16N2O3. The number of carboxylic acids is 1. The number of amides is 2. The second-order valence-electron chi connectivity index (χ2n) is 3.84. The van der Waals surface area contributed by atoms with Crippen LogP contribution in [0.2, 0.25) is 0 Å². The molecule has 0 aromatic heterocycles. The SMILES string of the molecule is C#CCN(CC)C(=O)NC1C=CC(C(=O)O)C1. The van der Waals surface area contributed by atoms with Gasteiger partial charge >= 0.3 is 12.0 Å². The molecule has 5 nitrogen and oxygen atoms in total. The lowest BCUT2D eigenvalue weighted by atomic mass is 10.1. The van der Waals surface area contributed by atoms with Crippen LogP contribution >= 0.6 is 0 Å². The van der Waals surface area contributed by atoms with Gasteiger partial charge in [0.1, 0.15) is 0 Å². The normalized spacial score (nSPS) is 21.9. The quantitative estimate of drug-likeness (QED) is 0.557. The maximum Gasteiger partial charge on any atom is 0.318 e. The average molecular weight is 236 g/mol. The Labute approximate surface area is 100 Å². The number of hydrogen-bond donors (Lipinski definition) is 2. The third kappa shape index (κ3) is 3.52. The van der Waals surface area contributed by atoms with E-state index in [1.54, 1.807) is 12.2 Å². The third-order valence-corrected chi connectivity index (χ3v) is 2.66. The van der Waals surface area contributed by atoms with Crippen molar-refractivity contribution < 1.29 is 14.7 Å². The summed E-state index contributed by atoms with van der Waals surface area (Å²) in [6, 6.07) is -0.485. The molecule has 1 rings (SSSR count). The first-order chi connectivity index (χ1) is 8.08. The number of aliphatic carboxylic acids is 1. The Kier molecular flexibility index (Phi) is 4.58. The lowest BCUT2D eigenvalue weighted by Gasteiger charge is -2.21. The Hall–Kier alpha value is -1.96. The van der Waals surface area contributed by atoms with Crippen molar-refractivity contribution in [2.75, 3.05) is 13.1 Å². The first kappa shape index (κ1) is 13.1. The standard InChI is InChI=1S/C12H16N2O3/c1-3-7-14(4-2)12(17)13-10-6-5-9(8-10)11(15)16/h1,5-6,9-10H,4,7-8H2,2H3,(H,13,17)(H,15,16). The smallest absolute Gasteiger partial charge is 0.318 e. The molecule has 2 unspecified atom stereocenters. The van der Waals surface area contributed by atoms with Gasteiger partial charge in [0.2, 0.25) is 0 Å². The first-order valence-corrected chi connectivity index (χ1v) is 5.48. The van der Waals surface area contributed by atoms with E-state index in [1.807, 2.05) is 6.92 Å². The molecule has 17 heavy (non-hydrogen) atoms. The molecule has 1 aliphatic rings. The summed E-state index contributed by atoms with van der Waals surface area (Å²) in [4.78, 5) is 23.9. The molecule has 1 aliphatic carbocycles. The third-order valence-electron chi connectivity index (χ3n) is 2.66. The fraction of sp³-hybridized carbons (Fsp3) is 0.500. The van der Waals surface area contributed by atoms with Crippen molar-refractivity contribution >= 4 is 12.0 Å². The highest BCUT2D eigenvalue weighted by atomic mass is 16.4. The second kappa shape index (κ2) is 5.94. The number of nitrogens with zero attached hydrogens (tertiary/aromatic N) is 1. The van der Waals surface area contributed by atoms with Gasteiger partial charge in [-0.1, -0.05) is 18.1 Å². The van der Waals surface area contributed by atoms with Crippen LogP contribution in [0, 0.1) is 18.3 Å². The molecule has 5 heteroatoms. The molecule has 2 atom stereocenters. The number of rotatable bonds is 4. The van der Waals surface area contributed by atoms with E-state index in [9.17, 15) is 9.59 Å². The molecule has 0 aliphatic heterocycles. The van der Waals surface area contributed by atoms with Crippen molar-refractivity contribution in [2.24, 2.45) is 5.92 Å². The molecule has 0 aromatic carbocycles. The highest BCUT2D eigenvalue weighted by molar-refractivity contribution is 5.76. The Morgan fingerprint density at radius 2 is 2.29 bits per heavy atom. The second-order valence-corrected chi connectivity index (χ2v) is 3.84. The van der Waals surface area contributed by atoms with Crippen LogP contribution in [0.3, 0.4) is 0 Å². The van der Waals surface area contributed by atoms with Crippen LogP contribution in [0.15, 0.2) is 12.2 Å². The van der Waals surface area contributed by atoms with Crippen LogP contribution in [0.25, 0.3) is 0 Å². The van der Waals surface area contributed by atoms with Crippen molar-refractivity contribution in [3.63, 3.8) is 0 Å². The van der Waals surface area contributed by atoms with Crippen LogP contribution in [-0.4, -0.2) is 41.1 Å². The van der Waals surface area contributed by atoms with Gasteiger partial charge in [-0.05, 0) is 13.3 Å². The summed E-state index contributed by atoms with van der Waals surface area (Å²) in [5, 5.41) is 11.5. The lowest BCUT2D eigenvalue weighted by molar-refractivity contribution is -0.140. The summed E-state index contributed by atoms with van der Waals surface area (Å²) < 4.78 is 0. The Balaban J connectivity index is 2.46. The number of carbonyl (C=O) groups excluding carboxylic acids is 1. The molecule has 0 saturated heterocycles. The number of terminal acetylenes is 1. The fourth-order valence-corrected chi connectivity index (χ4v) is 1.68. The van der Waals surface area contributed by atoms with Crippen LogP contribution in [-0.2, 0) is 4.79 Å². The summed E-state index contributed by atoms with van der Waals surface area (Å²) in [6.45, 7) is 2.61. The lowest BCUT2D eigenvalue weighted by Crippen LogP contribution is -2.44. The minimum Gasteiger partial charge on any atom is -0.481 e. The van der Waals surface area contributed by atoms with Crippen molar-refractivity contribution in [1.29, 1.82) is 0 Å². The Morgan fingerprint density at radius 1 is 1.59 bits per heavy atom. The monoisotopic (exact) mass is 236 g/mol. The molecule has 0 bridgehead atoms. The van der Waals surface area contributed by atoms with Crippen LogP contribution in [0.5, 0.6) is 0 Å². The van der Waals surface area contributed by atoms with Crippen molar-refractivity contribution in [3.8, 4) is 12.3 Å². The van der Waals surface area contributed by atoms with E-state index in [0.717, 1.165) is 0 Å². The van der Waals surface area contributed by atoms with E-state index < -0.39 is 11.9 Å². The molecule has 2 N–H and O–H groups in total. The van der Waals surface area contributed by atoms with E-state index in [4.69, 9.17) is 11.5 Å². The van der Waals surface area contributed by atoms with E-state index in [-0.39, 0.29) is 18.6 Å². The summed E-state index contributed by atoms with van der Waals surface area (Å²) in [5.41, 5.74) is 0. The zero-order valence-corrected chi connectivity index (χ0v) is 9.72. The number of hydrogen-bond acceptors (Lipinski definition) is 2. The largest absolute Gasteiger partial charge is 0.481 e. The number of carboxylic acid groups (broad SMARTS) is 1. The van der Waals surface area contributed by atoms with E-state index in [0.29, 0.717) is 13.0 Å². The topological polar surface area (TPSA) is 69.6 Å². The maximum atomic E-state index is 11.7. The fourth-order valence-electron chi connectivity index (χ4n) is 1.68. The predicted molar refractivity (Wildman–Crippen MR) is 63.3 cm³/mol.